The second-order valence-corrected chi connectivity index (χ2v) is 7.66. The highest BCUT2D eigenvalue weighted by molar-refractivity contribution is 8.05. The molecule has 0 aliphatic heterocycles. The van der Waals surface area contributed by atoms with Crippen LogP contribution in [0.25, 0.3) is 0 Å². The summed E-state index contributed by atoms with van der Waals surface area (Å²) in [6.07, 6.45) is 0.577. The van der Waals surface area contributed by atoms with Gasteiger partial charge in [0.15, 0.2) is 0 Å². The molecule has 10 heteroatoms. The lowest BCUT2D eigenvalue weighted by molar-refractivity contribution is -0.0441. The van der Waals surface area contributed by atoms with E-state index < -0.39 is 31.3 Å². The minimum Gasteiger partial charge on any atom is -0.211 e. The van der Waals surface area contributed by atoms with Crippen molar-refractivity contribution < 1.29 is 30.0 Å². The van der Waals surface area contributed by atoms with Crippen molar-refractivity contribution >= 4 is 20.0 Å². The molecule has 0 saturated carbocycles. The molecular formula is C7H14F3NO4S2. The van der Waals surface area contributed by atoms with Crippen LogP contribution in [0.4, 0.5) is 13.2 Å². The van der Waals surface area contributed by atoms with E-state index in [0.717, 1.165) is 0 Å². The topological polar surface area (TPSA) is 80.3 Å². The number of sulfonamides is 2. The van der Waals surface area contributed by atoms with Gasteiger partial charge in [0, 0.05) is 0 Å². The lowest BCUT2D eigenvalue weighted by Crippen LogP contribution is -2.41. The largest absolute Gasteiger partial charge is 0.512 e. The quantitative estimate of drug-likeness (QED) is 0.798. The van der Waals surface area contributed by atoms with Crippen molar-refractivity contribution in [3.05, 3.63) is 0 Å². The number of hydrogen-bond donors (Lipinski definition) is 1. The van der Waals surface area contributed by atoms with Gasteiger partial charge in [-0.15, -0.1) is 4.13 Å². The smallest absolute Gasteiger partial charge is 0.211 e. The average Bonchev–Trinajstić information content (AvgIpc) is 1.97. The van der Waals surface area contributed by atoms with E-state index in [2.05, 4.69) is 0 Å². The van der Waals surface area contributed by atoms with E-state index in [9.17, 15) is 30.0 Å². The second kappa shape index (κ2) is 5.53. The maximum absolute atomic E-state index is 11.9. The molecule has 0 atom stereocenters. The number of nitrogens with one attached hydrogen (secondary N) is 1. The highest BCUT2D eigenvalue weighted by Gasteiger charge is 2.48. The van der Waals surface area contributed by atoms with Gasteiger partial charge in [-0.3, -0.25) is 0 Å². The molecule has 0 saturated heterocycles. The standard InChI is InChI=1S/C7H14F3NO4S2/c1-6(2)4-3-5-16(12,13)11-17(14,15)7(8,9)10/h6,11H,3-5H2,1-2H3. The van der Waals surface area contributed by atoms with Crippen molar-refractivity contribution in [1.82, 2.24) is 4.13 Å². The molecule has 0 aliphatic rings. The third-order valence-corrected chi connectivity index (χ3v) is 5.06. The number of halogens is 3. The van der Waals surface area contributed by atoms with Gasteiger partial charge in [-0.2, -0.15) is 13.2 Å². The van der Waals surface area contributed by atoms with Gasteiger partial charge in [-0.25, -0.2) is 16.8 Å². The van der Waals surface area contributed by atoms with Gasteiger partial charge in [-0.1, -0.05) is 13.8 Å². The fraction of sp³-hybridized carbons (Fsp3) is 1.00. The molecular weight excluding hydrogens is 283 g/mol. The molecule has 0 radical (unpaired) electrons. The van der Waals surface area contributed by atoms with Crippen LogP contribution in [0.15, 0.2) is 0 Å². The predicted molar refractivity (Wildman–Crippen MR) is 56.0 cm³/mol. The van der Waals surface area contributed by atoms with E-state index in [-0.39, 0.29) is 12.3 Å². The lowest BCUT2D eigenvalue weighted by Gasteiger charge is -2.10. The van der Waals surface area contributed by atoms with Crippen LogP contribution in [-0.4, -0.2) is 28.1 Å². The zero-order valence-corrected chi connectivity index (χ0v) is 10.9. The number of rotatable bonds is 6. The fourth-order valence-electron chi connectivity index (χ4n) is 0.938. The van der Waals surface area contributed by atoms with Gasteiger partial charge < -0.3 is 0 Å². The van der Waals surface area contributed by atoms with E-state index in [0.29, 0.717) is 10.5 Å². The van der Waals surface area contributed by atoms with Crippen molar-refractivity contribution in [3.8, 4) is 0 Å². The predicted octanol–water partition coefficient (Wildman–Crippen LogP) is 1.19. The summed E-state index contributed by atoms with van der Waals surface area (Å²) in [5, 5.41) is 0. The van der Waals surface area contributed by atoms with Crippen LogP contribution in [0.1, 0.15) is 26.7 Å². The summed E-state index contributed by atoms with van der Waals surface area (Å²) < 4.78 is 79.6. The molecule has 0 aromatic rings. The Balaban J connectivity index is 4.58. The summed E-state index contributed by atoms with van der Waals surface area (Å²) in [4.78, 5) is 0. The van der Waals surface area contributed by atoms with Crippen LogP contribution in [0.2, 0.25) is 0 Å². The Labute approximate surface area is 98.5 Å². The first-order chi connectivity index (χ1) is 7.37. The van der Waals surface area contributed by atoms with Crippen LogP contribution in [0.5, 0.6) is 0 Å². The summed E-state index contributed by atoms with van der Waals surface area (Å²) in [5.41, 5.74) is -5.63. The Kier molecular flexibility index (Phi) is 5.41. The number of hydrogen-bond acceptors (Lipinski definition) is 4. The summed E-state index contributed by atoms with van der Waals surface area (Å²) >= 11 is 0. The molecule has 0 heterocycles. The van der Waals surface area contributed by atoms with Crippen LogP contribution < -0.4 is 4.13 Å². The molecule has 5 nitrogen and oxygen atoms in total. The van der Waals surface area contributed by atoms with E-state index in [1.54, 1.807) is 0 Å². The monoisotopic (exact) mass is 297 g/mol. The Morgan fingerprint density at radius 1 is 1.12 bits per heavy atom. The van der Waals surface area contributed by atoms with Crippen molar-refractivity contribution in [3.63, 3.8) is 0 Å². The third-order valence-electron chi connectivity index (χ3n) is 1.74. The molecule has 0 spiro atoms. The van der Waals surface area contributed by atoms with Gasteiger partial charge in [0.05, 0.1) is 5.75 Å². The first-order valence-electron chi connectivity index (χ1n) is 4.70. The summed E-state index contributed by atoms with van der Waals surface area (Å²) in [6.45, 7) is 3.62. The number of alkyl halides is 3. The molecule has 17 heavy (non-hydrogen) atoms. The second-order valence-electron chi connectivity index (χ2n) is 3.89. The average molecular weight is 297 g/mol. The van der Waals surface area contributed by atoms with Crippen LogP contribution in [0.3, 0.4) is 0 Å². The molecule has 1 N–H and O–H groups in total. The molecule has 0 bridgehead atoms. The molecule has 0 rings (SSSR count). The van der Waals surface area contributed by atoms with Crippen molar-refractivity contribution in [2.45, 2.75) is 32.2 Å². The zero-order chi connectivity index (χ0) is 13.9. The van der Waals surface area contributed by atoms with Crippen molar-refractivity contribution in [1.29, 1.82) is 0 Å². The Bertz CT molecular complexity index is 438. The highest BCUT2D eigenvalue weighted by Crippen LogP contribution is 2.22. The van der Waals surface area contributed by atoms with E-state index in [4.69, 9.17) is 0 Å². The molecule has 0 aromatic heterocycles. The van der Waals surface area contributed by atoms with Crippen LogP contribution >= 0.6 is 0 Å². The zero-order valence-electron chi connectivity index (χ0n) is 9.28. The Hall–Kier alpha value is -0.350. The van der Waals surface area contributed by atoms with Crippen molar-refractivity contribution in [2.75, 3.05) is 5.75 Å². The maximum atomic E-state index is 11.9. The first kappa shape index (κ1) is 16.6. The van der Waals surface area contributed by atoms with Gasteiger partial charge in [0.2, 0.25) is 10.0 Å². The molecule has 0 amide bonds. The maximum Gasteiger partial charge on any atom is 0.512 e. The molecule has 0 fully saturated rings. The summed E-state index contributed by atoms with van der Waals surface area (Å²) in [7, 11) is -10.3. The molecule has 104 valence electrons. The van der Waals surface area contributed by atoms with Gasteiger partial charge in [0.1, 0.15) is 0 Å². The van der Waals surface area contributed by atoms with Crippen LogP contribution in [0, 0.1) is 5.92 Å². The summed E-state index contributed by atoms with van der Waals surface area (Å²) in [6, 6.07) is 0. The molecule has 0 unspecified atom stereocenters. The first-order valence-corrected chi connectivity index (χ1v) is 7.83. The Morgan fingerprint density at radius 2 is 1.59 bits per heavy atom. The van der Waals surface area contributed by atoms with Gasteiger partial charge in [0.25, 0.3) is 0 Å². The lowest BCUT2D eigenvalue weighted by atomic mass is 10.1. The third kappa shape index (κ3) is 6.22. The Morgan fingerprint density at radius 3 is 1.94 bits per heavy atom. The van der Waals surface area contributed by atoms with Crippen molar-refractivity contribution in [2.24, 2.45) is 5.92 Å². The van der Waals surface area contributed by atoms with E-state index >= 15 is 0 Å². The minimum atomic E-state index is -5.84. The van der Waals surface area contributed by atoms with Crippen LogP contribution in [-0.2, 0) is 20.0 Å². The molecule has 0 aromatic carbocycles. The molecule has 0 aliphatic carbocycles. The fourth-order valence-corrected chi connectivity index (χ4v) is 3.53. The SMILES string of the molecule is CC(C)CCCS(=O)(=O)NS(=O)(=O)C(F)(F)F. The van der Waals surface area contributed by atoms with E-state index in [1.807, 2.05) is 13.8 Å². The van der Waals surface area contributed by atoms with Gasteiger partial charge in [-0.05, 0) is 18.8 Å². The van der Waals surface area contributed by atoms with E-state index in [1.165, 1.54) is 0 Å². The van der Waals surface area contributed by atoms with Gasteiger partial charge >= 0.3 is 15.5 Å². The summed E-state index contributed by atoms with van der Waals surface area (Å²) in [5.74, 6) is -0.468. The normalized spacial score (nSPS) is 14.2. The minimum absolute atomic E-state index is 0.0976. The highest BCUT2D eigenvalue weighted by atomic mass is 32.3.